The quantitative estimate of drug-likeness (QED) is 0.528. The van der Waals surface area contributed by atoms with Crippen molar-refractivity contribution >= 4 is 11.0 Å². The first-order chi connectivity index (χ1) is 13.4. The largest absolute Gasteiger partial charge is 0.416 e. The summed E-state index contributed by atoms with van der Waals surface area (Å²) in [6.45, 7) is 0.361. The lowest BCUT2D eigenvalue weighted by Crippen LogP contribution is -2.04. The summed E-state index contributed by atoms with van der Waals surface area (Å²) in [6.07, 6.45) is 1.82. The van der Waals surface area contributed by atoms with E-state index in [1.54, 1.807) is 35.3 Å². The molecule has 4 aromatic rings. The highest BCUT2D eigenvalue weighted by Crippen LogP contribution is 2.32. The van der Waals surface area contributed by atoms with E-state index in [0.717, 1.165) is 17.7 Å². The Labute approximate surface area is 157 Å². The first-order valence-corrected chi connectivity index (χ1v) is 8.27. The van der Waals surface area contributed by atoms with Gasteiger partial charge in [0.15, 0.2) is 0 Å². The Morgan fingerprint density at radius 3 is 2.64 bits per heavy atom. The summed E-state index contributed by atoms with van der Waals surface area (Å²) in [5.41, 5.74) is 2.80. The number of halogens is 3. The van der Waals surface area contributed by atoms with Gasteiger partial charge >= 0.3 is 6.18 Å². The van der Waals surface area contributed by atoms with Crippen LogP contribution in [0, 0.1) is 11.3 Å². The van der Waals surface area contributed by atoms with Gasteiger partial charge in [-0.25, -0.2) is 0 Å². The highest BCUT2D eigenvalue weighted by Gasteiger charge is 2.30. The highest BCUT2D eigenvalue weighted by molar-refractivity contribution is 5.80. The maximum atomic E-state index is 13.0. The van der Waals surface area contributed by atoms with Crippen LogP contribution in [-0.2, 0) is 12.7 Å². The molecule has 0 spiro atoms. The molecular formula is C20H12F3N5. The molecule has 0 N–H and O–H groups in total. The Kier molecular flexibility index (Phi) is 4.28. The van der Waals surface area contributed by atoms with E-state index in [1.807, 2.05) is 6.07 Å². The average molecular weight is 379 g/mol. The summed E-state index contributed by atoms with van der Waals surface area (Å²) in [5.74, 6) is 0. The zero-order valence-electron chi connectivity index (χ0n) is 14.4. The van der Waals surface area contributed by atoms with E-state index in [2.05, 4.69) is 15.1 Å². The third-order valence-corrected chi connectivity index (χ3v) is 4.27. The number of pyridine rings is 2. The van der Waals surface area contributed by atoms with Gasteiger partial charge < -0.3 is 0 Å². The fourth-order valence-electron chi connectivity index (χ4n) is 2.92. The molecule has 0 radical (unpaired) electrons. The van der Waals surface area contributed by atoms with Gasteiger partial charge in [0.2, 0.25) is 0 Å². The third-order valence-electron chi connectivity index (χ3n) is 4.27. The van der Waals surface area contributed by atoms with Gasteiger partial charge in [-0.05, 0) is 35.4 Å². The second-order valence-electron chi connectivity index (χ2n) is 6.20. The van der Waals surface area contributed by atoms with Gasteiger partial charge in [0.05, 0.1) is 29.4 Å². The molecule has 4 rings (SSSR count). The minimum absolute atomic E-state index is 0.361. The van der Waals surface area contributed by atoms with E-state index in [1.165, 1.54) is 18.5 Å². The Morgan fingerprint density at radius 1 is 1.00 bits per heavy atom. The van der Waals surface area contributed by atoms with Crippen LogP contribution >= 0.6 is 0 Å². The van der Waals surface area contributed by atoms with E-state index in [0.29, 0.717) is 34.3 Å². The molecule has 1 aromatic carbocycles. The maximum absolute atomic E-state index is 13.0. The van der Waals surface area contributed by atoms with Crippen LogP contribution in [0.3, 0.4) is 0 Å². The van der Waals surface area contributed by atoms with Gasteiger partial charge in [0, 0.05) is 24.2 Å². The fraction of sp³-hybridized carbons (Fsp3) is 0.100. The molecule has 0 saturated heterocycles. The molecule has 5 nitrogen and oxygen atoms in total. The standard InChI is InChI=1S/C20H12F3N5/c21-20(22,23)17-3-1-2-15(5-17)16-6-19-18(26-10-16)11-27-28(19)12-14-4-13(7-24)8-25-9-14/h1-6,8-11H,12H2. The Bertz CT molecular complexity index is 1200. The second-order valence-corrected chi connectivity index (χ2v) is 6.20. The van der Waals surface area contributed by atoms with E-state index < -0.39 is 11.7 Å². The average Bonchev–Trinajstić information content (AvgIpc) is 3.09. The third kappa shape index (κ3) is 3.42. The van der Waals surface area contributed by atoms with Crippen molar-refractivity contribution in [1.82, 2.24) is 19.7 Å². The van der Waals surface area contributed by atoms with Crippen molar-refractivity contribution in [2.45, 2.75) is 12.7 Å². The van der Waals surface area contributed by atoms with E-state index >= 15 is 0 Å². The lowest BCUT2D eigenvalue weighted by Gasteiger charge is -2.09. The molecule has 3 heterocycles. The van der Waals surface area contributed by atoms with Crippen LogP contribution in [0.25, 0.3) is 22.2 Å². The fourth-order valence-corrected chi connectivity index (χ4v) is 2.92. The number of fused-ring (bicyclic) bond motifs is 1. The van der Waals surface area contributed by atoms with Gasteiger partial charge in [-0.2, -0.15) is 23.5 Å². The van der Waals surface area contributed by atoms with Crippen molar-refractivity contribution in [2.24, 2.45) is 0 Å². The Morgan fingerprint density at radius 2 is 1.86 bits per heavy atom. The van der Waals surface area contributed by atoms with Gasteiger partial charge in [0.1, 0.15) is 11.6 Å². The van der Waals surface area contributed by atoms with Crippen LogP contribution in [-0.4, -0.2) is 19.7 Å². The molecule has 0 atom stereocenters. The summed E-state index contributed by atoms with van der Waals surface area (Å²) in [4.78, 5) is 8.34. The second kappa shape index (κ2) is 6.78. The number of alkyl halides is 3. The first kappa shape index (κ1) is 17.7. The molecule has 0 aliphatic carbocycles. The minimum atomic E-state index is -4.41. The molecule has 138 valence electrons. The van der Waals surface area contributed by atoms with Crippen molar-refractivity contribution in [3.63, 3.8) is 0 Å². The van der Waals surface area contributed by atoms with Crippen LogP contribution in [0.15, 0.2) is 61.2 Å². The number of aromatic nitrogens is 4. The molecule has 0 fully saturated rings. The lowest BCUT2D eigenvalue weighted by molar-refractivity contribution is -0.137. The summed E-state index contributed by atoms with van der Waals surface area (Å²) < 4.78 is 40.7. The smallest absolute Gasteiger partial charge is 0.263 e. The Hall–Kier alpha value is -3.73. The van der Waals surface area contributed by atoms with Crippen LogP contribution in [0.1, 0.15) is 16.7 Å². The number of nitrogens with zero attached hydrogens (tertiary/aromatic N) is 5. The molecule has 0 saturated carbocycles. The van der Waals surface area contributed by atoms with Crippen molar-refractivity contribution < 1.29 is 13.2 Å². The predicted octanol–water partition coefficient (Wildman–Crippen LogP) is 4.43. The molecule has 0 amide bonds. The molecular weight excluding hydrogens is 367 g/mol. The number of benzene rings is 1. The maximum Gasteiger partial charge on any atom is 0.416 e. The molecule has 3 aromatic heterocycles. The summed E-state index contributed by atoms with van der Waals surface area (Å²) in [7, 11) is 0. The van der Waals surface area contributed by atoms with Crippen molar-refractivity contribution in [3.8, 4) is 17.2 Å². The molecule has 0 aliphatic rings. The van der Waals surface area contributed by atoms with E-state index in [4.69, 9.17) is 5.26 Å². The number of hydrogen-bond donors (Lipinski definition) is 0. The normalized spacial score (nSPS) is 11.5. The van der Waals surface area contributed by atoms with Crippen molar-refractivity contribution in [1.29, 1.82) is 5.26 Å². The molecule has 28 heavy (non-hydrogen) atoms. The minimum Gasteiger partial charge on any atom is -0.263 e. The molecule has 0 aliphatic heterocycles. The predicted molar refractivity (Wildman–Crippen MR) is 96.0 cm³/mol. The zero-order valence-corrected chi connectivity index (χ0v) is 14.4. The number of rotatable bonds is 3. The molecule has 8 heteroatoms. The van der Waals surface area contributed by atoms with Crippen LogP contribution in [0.2, 0.25) is 0 Å². The molecule has 0 bridgehead atoms. The summed E-state index contributed by atoms with van der Waals surface area (Å²) >= 11 is 0. The Balaban J connectivity index is 1.73. The number of hydrogen-bond acceptors (Lipinski definition) is 4. The van der Waals surface area contributed by atoms with Crippen LogP contribution in [0.4, 0.5) is 13.2 Å². The monoisotopic (exact) mass is 379 g/mol. The first-order valence-electron chi connectivity index (χ1n) is 8.27. The molecule has 0 unspecified atom stereocenters. The summed E-state index contributed by atoms with van der Waals surface area (Å²) in [6, 6.07) is 10.6. The summed E-state index contributed by atoms with van der Waals surface area (Å²) in [5, 5.41) is 13.3. The number of nitriles is 1. The topological polar surface area (TPSA) is 67.4 Å². The van der Waals surface area contributed by atoms with E-state index in [-0.39, 0.29) is 0 Å². The van der Waals surface area contributed by atoms with Crippen LogP contribution in [0.5, 0.6) is 0 Å². The zero-order chi connectivity index (χ0) is 19.7. The van der Waals surface area contributed by atoms with Crippen LogP contribution < -0.4 is 0 Å². The van der Waals surface area contributed by atoms with Gasteiger partial charge in [-0.3, -0.25) is 14.6 Å². The van der Waals surface area contributed by atoms with Crippen molar-refractivity contribution in [3.05, 3.63) is 77.9 Å². The van der Waals surface area contributed by atoms with Gasteiger partial charge in [0.25, 0.3) is 0 Å². The van der Waals surface area contributed by atoms with Crippen molar-refractivity contribution in [2.75, 3.05) is 0 Å². The van der Waals surface area contributed by atoms with E-state index in [9.17, 15) is 13.2 Å². The SMILES string of the molecule is N#Cc1cncc(Cn2ncc3ncc(-c4cccc(C(F)(F)F)c4)cc32)c1. The highest BCUT2D eigenvalue weighted by atomic mass is 19.4. The van der Waals surface area contributed by atoms with Gasteiger partial charge in [-0.15, -0.1) is 0 Å². The lowest BCUT2D eigenvalue weighted by atomic mass is 10.0. The van der Waals surface area contributed by atoms with Gasteiger partial charge in [-0.1, -0.05) is 12.1 Å².